The molecule has 1 heterocycles. The van der Waals surface area contributed by atoms with Gasteiger partial charge in [0.25, 0.3) is 0 Å². The number of hydrogen-bond donors (Lipinski definition) is 2. The average molecular weight is 224 g/mol. The monoisotopic (exact) mass is 224 g/mol. The Kier molecular flexibility index (Phi) is 3.15. The standard InChI is InChI=1S/C12H20N2O2/c1-8(2)10(15)16-9-7-11(3,4)14-12(5,6)13-9/h7,13-14H,1H2,2-6H3. The summed E-state index contributed by atoms with van der Waals surface area (Å²) in [6.45, 7) is 13.2. The summed E-state index contributed by atoms with van der Waals surface area (Å²) in [4.78, 5) is 11.4. The van der Waals surface area contributed by atoms with E-state index in [9.17, 15) is 4.79 Å². The van der Waals surface area contributed by atoms with Crippen LogP contribution in [-0.2, 0) is 9.53 Å². The van der Waals surface area contributed by atoms with Crippen molar-refractivity contribution in [3.8, 4) is 0 Å². The van der Waals surface area contributed by atoms with Crippen molar-refractivity contribution in [2.45, 2.75) is 45.8 Å². The number of esters is 1. The molecule has 0 unspecified atom stereocenters. The lowest BCUT2D eigenvalue weighted by atomic mass is 9.99. The highest BCUT2D eigenvalue weighted by Crippen LogP contribution is 2.20. The van der Waals surface area contributed by atoms with Crippen LogP contribution in [-0.4, -0.2) is 17.2 Å². The molecule has 0 amide bonds. The van der Waals surface area contributed by atoms with E-state index < -0.39 is 5.97 Å². The molecule has 0 atom stereocenters. The lowest BCUT2D eigenvalue weighted by molar-refractivity contribution is -0.136. The van der Waals surface area contributed by atoms with E-state index in [1.807, 2.05) is 33.8 Å². The van der Waals surface area contributed by atoms with E-state index in [4.69, 9.17) is 4.74 Å². The minimum Gasteiger partial charge on any atom is -0.407 e. The Morgan fingerprint density at radius 3 is 2.38 bits per heavy atom. The molecule has 0 aromatic carbocycles. The third-order valence-electron chi connectivity index (χ3n) is 2.11. The molecule has 1 rings (SSSR count). The van der Waals surface area contributed by atoms with Gasteiger partial charge < -0.3 is 10.1 Å². The van der Waals surface area contributed by atoms with Crippen molar-refractivity contribution in [2.24, 2.45) is 0 Å². The van der Waals surface area contributed by atoms with Crippen LogP contribution in [0.25, 0.3) is 0 Å². The molecule has 1 aliphatic heterocycles. The third kappa shape index (κ3) is 3.38. The Morgan fingerprint density at radius 2 is 1.94 bits per heavy atom. The molecule has 0 aromatic heterocycles. The minimum atomic E-state index is -0.410. The van der Waals surface area contributed by atoms with Gasteiger partial charge in [0.05, 0.1) is 5.66 Å². The molecule has 4 heteroatoms. The van der Waals surface area contributed by atoms with Crippen molar-refractivity contribution in [2.75, 3.05) is 0 Å². The molecule has 0 bridgehead atoms. The topological polar surface area (TPSA) is 50.4 Å². The fraction of sp³-hybridized carbons (Fsp3) is 0.583. The molecule has 0 saturated carbocycles. The van der Waals surface area contributed by atoms with Gasteiger partial charge in [-0.15, -0.1) is 0 Å². The van der Waals surface area contributed by atoms with Crippen LogP contribution in [0.1, 0.15) is 34.6 Å². The molecular weight excluding hydrogens is 204 g/mol. The Balaban J connectivity index is 2.84. The number of carbonyl (C=O) groups is 1. The third-order valence-corrected chi connectivity index (χ3v) is 2.11. The van der Waals surface area contributed by atoms with Crippen LogP contribution >= 0.6 is 0 Å². The van der Waals surface area contributed by atoms with Crippen LogP contribution in [0.3, 0.4) is 0 Å². The minimum absolute atomic E-state index is 0.223. The lowest BCUT2D eigenvalue weighted by Gasteiger charge is -2.41. The van der Waals surface area contributed by atoms with Gasteiger partial charge in [-0.2, -0.15) is 0 Å². The zero-order valence-electron chi connectivity index (χ0n) is 10.6. The van der Waals surface area contributed by atoms with Gasteiger partial charge in [-0.25, -0.2) is 4.79 Å². The predicted molar refractivity (Wildman–Crippen MR) is 63.4 cm³/mol. The van der Waals surface area contributed by atoms with E-state index in [1.54, 1.807) is 6.92 Å². The predicted octanol–water partition coefficient (Wildman–Crippen LogP) is 1.65. The highest BCUT2D eigenvalue weighted by molar-refractivity contribution is 5.87. The van der Waals surface area contributed by atoms with Crippen molar-refractivity contribution >= 4 is 5.97 Å². The van der Waals surface area contributed by atoms with Gasteiger partial charge in [0.2, 0.25) is 0 Å². The zero-order valence-corrected chi connectivity index (χ0v) is 10.6. The summed E-state index contributed by atoms with van der Waals surface area (Å²) in [6, 6.07) is 0. The van der Waals surface area contributed by atoms with Gasteiger partial charge in [0.1, 0.15) is 0 Å². The summed E-state index contributed by atoms with van der Waals surface area (Å²) < 4.78 is 5.20. The molecule has 0 saturated heterocycles. The quantitative estimate of drug-likeness (QED) is 0.553. The first-order valence-electron chi connectivity index (χ1n) is 5.29. The van der Waals surface area contributed by atoms with Crippen molar-refractivity contribution in [1.82, 2.24) is 10.6 Å². The highest BCUT2D eigenvalue weighted by Gasteiger charge is 2.33. The van der Waals surface area contributed by atoms with Gasteiger partial charge in [0, 0.05) is 11.1 Å². The van der Waals surface area contributed by atoms with Crippen LogP contribution in [0.2, 0.25) is 0 Å². The molecule has 0 radical (unpaired) electrons. The van der Waals surface area contributed by atoms with Crippen molar-refractivity contribution < 1.29 is 9.53 Å². The Morgan fingerprint density at radius 1 is 1.38 bits per heavy atom. The van der Waals surface area contributed by atoms with Crippen LogP contribution in [0, 0.1) is 0 Å². The van der Waals surface area contributed by atoms with Gasteiger partial charge in [-0.1, -0.05) is 6.58 Å². The van der Waals surface area contributed by atoms with E-state index in [1.165, 1.54) is 0 Å². The normalized spacial score (nSPS) is 21.7. The largest absolute Gasteiger partial charge is 0.407 e. The van der Waals surface area contributed by atoms with Crippen molar-refractivity contribution in [1.29, 1.82) is 0 Å². The first kappa shape index (κ1) is 12.8. The maximum absolute atomic E-state index is 11.4. The molecule has 2 N–H and O–H groups in total. The van der Waals surface area contributed by atoms with Crippen molar-refractivity contribution in [3.63, 3.8) is 0 Å². The number of ether oxygens (including phenoxy) is 1. The molecule has 1 aliphatic rings. The number of nitrogens with one attached hydrogen (secondary N) is 2. The first-order valence-corrected chi connectivity index (χ1v) is 5.29. The second-order valence-electron chi connectivity index (χ2n) is 5.28. The summed E-state index contributed by atoms with van der Waals surface area (Å²) in [7, 11) is 0. The second kappa shape index (κ2) is 3.94. The maximum Gasteiger partial charge on any atom is 0.339 e. The van der Waals surface area contributed by atoms with Crippen LogP contribution in [0.4, 0.5) is 0 Å². The maximum atomic E-state index is 11.4. The summed E-state index contributed by atoms with van der Waals surface area (Å²) >= 11 is 0. The van der Waals surface area contributed by atoms with E-state index >= 15 is 0 Å². The molecule has 16 heavy (non-hydrogen) atoms. The average Bonchev–Trinajstić information content (AvgIpc) is 1.96. The second-order valence-corrected chi connectivity index (χ2v) is 5.28. The number of carbonyl (C=O) groups excluding carboxylic acids is 1. The summed E-state index contributed by atoms with van der Waals surface area (Å²) in [5.74, 6) is 0.0639. The number of hydrogen-bond acceptors (Lipinski definition) is 4. The van der Waals surface area contributed by atoms with Gasteiger partial charge in [0.15, 0.2) is 5.88 Å². The van der Waals surface area contributed by atoms with Crippen LogP contribution < -0.4 is 10.6 Å². The van der Waals surface area contributed by atoms with E-state index in [0.29, 0.717) is 11.5 Å². The van der Waals surface area contributed by atoms with E-state index in [0.717, 1.165) is 0 Å². The SMILES string of the molecule is C=C(C)C(=O)OC1=CC(C)(C)NC(C)(C)N1. The van der Waals surface area contributed by atoms with Crippen LogP contribution in [0.5, 0.6) is 0 Å². The van der Waals surface area contributed by atoms with Crippen molar-refractivity contribution in [3.05, 3.63) is 24.1 Å². The summed E-state index contributed by atoms with van der Waals surface area (Å²) in [6.07, 6.45) is 1.85. The molecular formula is C12H20N2O2. The molecule has 4 nitrogen and oxygen atoms in total. The molecule has 0 aromatic rings. The fourth-order valence-electron chi connectivity index (χ4n) is 1.79. The molecule has 0 aliphatic carbocycles. The zero-order chi connectivity index (χ0) is 12.6. The summed E-state index contributed by atoms with van der Waals surface area (Å²) in [5, 5.41) is 6.46. The Hall–Kier alpha value is -1.29. The molecule has 0 spiro atoms. The molecule has 90 valence electrons. The van der Waals surface area contributed by atoms with Gasteiger partial charge in [-0.3, -0.25) is 5.32 Å². The Bertz CT molecular complexity index is 354. The smallest absolute Gasteiger partial charge is 0.339 e. The van der Waals surface area contributed by atoms with Crippen LogP contribution in [0.15, 0.2) is 24.1 Å². The van der Waals surface area contributed by atoms with Gasteiger partial charge >= 0.3 is 5.97 Å². The summed E-state index contributed by atoms with van der Waals surface area (Å²) in [5.41, 5.74) is -0.153. The fourth-order valence-corrected chi connectivity index (χ4v) is 1.79. The van der Waals surface area contributed by atoms with E-state index in [2.05, 4.69) is 17.2 Å². The first-order chi connectivity index (χ1) is 7.11. The Labute approximate surface area is 96.7 Å². The van der Waals surface area contributed by atoms with E-state index in [-0.39, 0.29) is 11.2 Å². The highest BCUT2D eigenvalue weighted by atomic mass is 16.5. The molecule has 0 fully saturated rings. The van der Waals surface area contributed by atoms with Gasteiger partial charge in [-0.05, 0) is 40.7 Å². The lowest BCUT2D eigenvalue weighted by Crippen LogP contribution is -2.62. The number of rotatable bonds is 2.